The Bertz CT molecular complexity index is 1890. The molecule has 3 atom stereocenters. The van der Waals surface area contributed by atoms with Crippen LogP contribution in [0.2, 0.25) is 0 Å². The molecule has 4 aromatic rings. The Morgan fingerprint density at radius 3 is 2.83 bits per heavy atom. The van der Waals surface area contributed by atoms with Crippen molar-refractivity contribution < 1.29 is 4.74 Å². The maximum atomic E-state index is 8.30. The molecular weight excluding hydrogens is 917 g/mol. The van der Waals surface area contributed by atoms with E-state index in [1.807, 2.05) is 24.7 Å². The Morgan fingerprint density at radius 2 is 2.02 bits per heavy atom. The minimum Gasteiger partial charge on any atom is -0.461 e. The highest BCUT2D eigenvalue weighted by atomic mass is 127. The van der Waals surface area contributed by atoms with Crippen LogP contribution in [0.25, 0.3) is 39.0 Å². The minimum atomic E-state index is 0.0420. The third-order valence-electron chi connectivity index (χ3n) is 9.82. The lowest BCUT2D eigenvalue weighted by Gasteiger charge is -2.31. The van der Waals surface area contributed by atoms with Crippen LogP contribution in [0.4, 0.5) is 5.82 Å². The molecule has 3 aromatic heterocycles. The monoisotopic (exact) mass is 952 g/mol. The first-order valence-corrected chi connectivity index (χ1v) is 18.9. The quantitative estimate of drug-likeness (QED) is 0.0860. The van der Waals surface area contributed by atoms with Crippen LogP contribution in [0.15, 0.2) is 50.0 Å². The summed E-state index contributed by atoms with van der Waals surface area (Å²) in [6.45, 7) is 12.4. The van der Waals surface area contributed by atoms with Gasteiger partial charge in [0.2, 0.25) is 0 Å². The van der Waals surface area contributed by atoms with E-state index in [-0.39, 0.29) is 11.6 Å². The normalized spacial score (nSPS) is 22.8. The lowest BCUT2D eigenvalue weighted by molar-refractivity contribution is 0.108. The fourth-order valence-corrected chi connectivity index (χ4v) is 9.95. The maximum absolute atomic E-state index is 8.30. The lowest BCUT2D eigenvalue weighted by Crippen LogP contribution is -2.43. The van der Waals surface area contributed by atoms with Crippen molar-refractivity contribution in [1.82, 2.24) is 29.7 Å². The largest absolute Gasteiger partial charge is 0.461 e. The molecule has 7 rings (SSSR count). The SMILES string of the molecule is C=CC(=N)N1CC[C@@H](N(C)c2nc(OCC34CCCN3C[C@H](I)C4)nc3c(C=C)c(-c4cncc5ccc(I)c(I)c45)ncc23)C1. The first-order chi connectivity index (χ1) is 22.2. The average molecular weight is 952 g/mol. The van der Waals surface area contributed by atoms with Crippen LogP contribution in [-0.4, -0.2) is 90.9 Å². The molecule has 9 nitrogen and oxygen atoms in total. The second-order valence-electron chi connectivity index (χ2n) is 12.4. The summed E-state index contributed by atoms with van der Waals surface area (Å²) in [6, 6.07) is 4.76. The van der Waals surface area contributed by atoms with Gasteiger partial charge in [0.1, 0.15) is 18.3 Å². The van der Waals surface area contributed by atoms with Gasteiger partial charge in [0.05, 0.1) is 22.1 Å². The fraction of sp³-hybridized carbons (Fsp3) is 0.382. The molecule has 1 unspecified atom stereocenters. The zero-order valence-electron chi connectivity index (χ0n) is 25.6. The van der Waals surface area contributed by atoms with Gasteiger partial charge in [0.15, 0.2) is 0 Å². The third kappa shape index (κ3) is 5.67. The van der Waals surface area contributed by atoms with Gasteiger partial charge in [-0.15, -0.1) is 0 Å². The van der Waals surface area contributed by atoms with E-state index in [0.717, 1.165) is 89.8 Å². The molecule has 0 radical (unpaired) electrons. The number of halogens is 3. The first-order valence-electron chi connectivity index (χ1n) is 15.5. The molecule has 3 fully saturated rings. The van der Waals surface area contributed by atoms with Crippen LogP contribution in [0.5, 0.6) is 6.01 Å². The topological polar surface area (TPSA) is 94.4 Å². The molecule has 3 aliphatic rings. The van der Waals surface area contributed by atoms with Gasteiger partial charge in [-0.1, -0.05) is 47.9 Å². The number of benzene rings is 1. The number of fused-ring (bicyclic) bond motifs is 3. The summed E-state index contributed by atoms with van der Waals surface area (Å²) in [7, 11) is 2.08. The number of ether oxygens (including phenoxy) is 1. The number of nitrogens with one attached hydrogen (secondary N) is 1. The van der Waals surface area contributed by atoms with Crippen LogP contribution in [0.1, 0.15) is 31.2 Å². The molecule has 0 bridgehead atoms. The number of likely N-dealkylation sites (N-methyl/N-ethyl adjacent to an activating group) is 1. The van der Waals surface area contributed by atoms with E-state index >= 15 is 0 Å². The van der Waals surface area contributed by atoms with E-state index in [0.29, 0.717) is 22.4 Å². The molecule has 1 aromatic carbocycles. The number of alkyl halides is 1. The predicted molar refractivity (Wildman–Crippen MR) is 211 cm³/mol. The summed E-state index contributed by atoms with van der Waals surface area (Å²) in [5, 5.41) is 11.3. The van der Waals surface area contributed by atoms with Gasteiger partial charge in [-0.25, -0.2) is 0 Å². The molecule has 3 saturated heterocycles. The van der Waals surface area contributed by atoms with Gasteiger partial charge in [-0.05, 0) is 89.6 Å². The highest BCUT2D eigenvalue weighted by Crippen LogP contribution is 2.43. The lowest BCUT2D eigenvalue weighted by atomic mass is 9.95. The van der Waals surface area contributed by atoms with Crippen molar-refractivity contribution in [3.05, 3.63) is 62.7 Å². The summed E-state index contributed by atoms with van der Waals surface area (Å²) < 4.78 is 9.58. The van der Waals surface area contributed by atoms with E-state index in [2.05, 4.69) is 120 Å². The zero-order chi connectivity index (χ0) is 32.2. The van der Waals surface area contributed by atoms with E-state index < -0.39 is 0 Å². The highest BCUT2D eigenvalue weighted by Gasteiger charge is 2.48. The summed E-state index contributed by atoms with van der Waals surface area (Å²) in [5.74, 6) is 1.23. The number of likely N-dealkylation sites (tertiary alicyclic amines) is 1. The number of nitrogens with zero attached hydrogens (tertiary/aromatic N) is 7. The molecule has 0 spiro atoms. The fourth-order valence-electron chi connectivity index (χ4n) is 7.42. The molecule has 46 heavy (non-hydrogen) atoms. The molecule has 12 heteroatoms. The number of anilines is 1. The van der Waals surface area contributed by atoms with Crippen molar-refractivity contribution >= 4 is 107 Å². The van der Waals surface area contributed by atoms with Crippen molar-refractivity contribution in [3.63, 3.8) is 0 Å². The van der Waals surface area contributed by atoms with Crippen LogP contribution in [0, 0.1) is 12.5 Å². The van der Waals surface area contributed by atoms with E-state index in [4.69, 9.17) is 25.1 Å². The second kappa shape index (κ2) is 13.0. The summed E-state index contributed by atoms with van der Waals surface area (Å²) in [4.78, 5) is 26.7. The Labute approximate surface area is 310 Å². The van der Waals surface area contributed by atoms with Gasteiger partial charge in [-0.2, -0.15) is 9.97 Å². The molecule has 3 aliphatic heterocycles. The van der Waals surface area contributed by atoms with Crippen LogP contribution in [-0.2, 0) is 0 Å². The zero-order valence-corrected chi connectivity index (χ0v) is 32.1. The number of aromatic nitrogens is 4. The average Bonchev–Trinajstić information content (AvgIpc) is 3.78. The smallest absolute Gasteiger partial charge is 0.319 e. The second-order valence-corrected chi connectivity index (χ2v) is 16.4. The van der Waals surface area contributed by atoms with Crippen molar-refractivity contribution in [2.24, 2.45) is 0 Å². The molecule has 0 aliphatic carbocycles. The molecule has 1 N–H and O–H groups in total. The number of hydrogen-bond acceptors (Lipinski definition) is 8. The molecule has 0 amide bonds. The number of amidine groups is 1. The third-order valence-corrected chi connectivity index (χ3v) is 13.7. The Hall–Kier alpha value is -2.18. The summed E-state index contributed by atoms with van der Waals surface area (Å²) in [6.07, 6.45) is 13.5. The number of pyridine rings is 2. The Balaban J connectivity index is 1.36. The van der Waals surface area contributed by atoms with E-state index in [1.165, 1.54) is 13.6 Å². The van der Waals surface area contributed by atoms with E-state index in [1.54, 1.807) is 6.08 Å². The minimum absolute atomic E-state index is 0.0420. The molecule has 0 saturated carbocycles. The molecule has 6 heterocycles. The van der Waals surface area contributed by atoms with Crippen LogP contribution >= 0.6 is 67.8 Å². The molecular formula is C34H35I3N8O. The predicted octanol–water partition coefficient (Wildman–Crippen LogP) is 7.19. The van der Waals surface area contributed by atoms with Crippen LogP contribution in [0.3, 0.4) is 0 Å². The van der Waals surface area contributed by atoms with Gasteiger partial charge in [0.25, 0.3) is 0 Å². The van der Waals surface area contributed by atoms with Crippen molar-refractivity contribution in [2.45, 2.75) is 41.2 Å². The summed E-state index contributed by atoms with van der Waals surface area (Å²) in [5.41, 5.74) is 3.37. The van der Waals surface area contributed by atoms with Crippen LogP contribution < -0.4 is 9.64 Å². The first kappa shape index (κ1) is 32.4. The standard InChI is InChI=1S/C34H35I3N8O/c1-4-23-30(24-15-39-14-20-7-8-26(36)29(37)28(20)24)40-16-25-31(23)41-33(46-19-34-10-6-11-45(34)17-21(35)13-34)42-32(25)43(3)22-9-12-44(18-22)27(38)5-2/h4-5,7-8,14-16,21-22,38H,1-2,6,9-13,17-19H2,3H3/t21-,22-,34?/m1/s1. The van der Waals surface area contributed by atoms with Gasteiger partial charge < -0.3 is 14.5 Å². The van der Waals surface area contributed by atoms with Crippen molar-refractivity contribution in [2.75, 3.05) is 44.7 Å². The molecule has 238 valence electrons. The van der Waals surface area contributed by atoms with Gasteiger partial charge in [0, 0.05) is 84.3 Å². The highest BCUT2D eigenvalue weighted by molar-refractivity contribution is 14.1. The van der Waals surface area contributed by atoms with Gasteiger partial charge in [-0.3, -0.25) is 20.3 Å². The van der Waals surface area contributed by atoms with Crippen molar-refractivity contribution in [3.8, 4) is 17.3 Å². The Kier molecular flexibility index (Phi) is 9.17. The number of hydrogen-bond donors (Lipinski definition) is 1. The van der Waals surface area contributed by atoms with Crippen molar-refractivity contribution in [1.29, 1.82) is 5.41 Å². The Morgan fingerprint density at radius 1 is 1.17 bits per heavy atom. The van der Waals surface area contributed by atoms with E-state index in [9.17, 15) is 0 Å². The van der Waals surface area contributed by atoms with Gasteiger partial charge >= 0.3 is 6.01 Å². The number of rotatable bonds is 8. The summed E-state index contributed by atoms with van der Waals surface area (Å²) >= 11 is 7.38. The maximum Gasteiger partial charge on any atom is 0.319 e.